The Bertz CT molecular complexity index is 247. The molecule has 0 bridgehead atoms. The summed E-state index contributed by atoms with van der Waals surface area (Å²) in [6.45, 7) is 5.78. The predicted molar refractivity (Wildman–Crippen MR) is 72.7 cm³/mol. The highest BCUT2D eigenvalue weighted by atomic mass is 16.5. The minimum Gasteiger partial charge on any atom is -0.381 e. The second-order valence-corrected chi connectivity index (χ2v) is 6.04. The lowest BCUT2D eigenvalue weighted by atomic mass is 9.83. The number of hydrogen-bond donors (Lipinski definition) is 1. The molecular weight excluding hydrogens is 228 g/mol. The van der Waals surface area contributed by atoms with Gasteiger partial charge in [0, 0.05) is 31.9 Å². The molecule has 0 aliphatic carbocycles. The van der Waals surface area contributed by atoms with Gasteiger partial charge < -0.3 is 20.1 Å². The van der Waals surface area contributed by atoms with Crippen molar-refractivity contribution < 1.29 is 9.47 Å². The molecule has 2 fully saturated rings. The average molecular weight is 256 g/mol. The topological polar surface area (TPSA) is 47.7 Å². The van der Waals surface area contributed by atoms with Crippen molar-refractivity contribution in [3.8, 4) is 0 Å². The Morgan fingerprint density at radius 1 is 1.33 bits per heavy atom. The molecule has 4 nitrogen and oxygen atoms in total. The molecule has 18 heavy (non-hydrogen) atoms. The summed E-state index contributed by atoms with van der Waals surface area (Å²) in [6.07, 6.45) is 5.50. The SMILES string of the molecule is CC(N)CCN(C)C1CCOC2(CCOCC2)C1. The van der Waals surface area contributed by atoms with Crippen LogP contribution in [0.4, 0.5) is 0 Å². The zero-order chi connectivity index (χ0) is 13.0. The normalized spacial score (nSPS) is 29.7. The van der Waals surface area contributed by atoms with E-state index in [0.29, 0.717) is 12.1 Å². The van der Waals surface area contributed by atoms with Gasteiger partial charge in [0.05, 0.1) is 5.60 Å². The van der Waals surface area contributed by atoms with E-state index in [9.17, 15) is 0 Å². The molecule has 2 unspecified atom stereocenters. The van der Waals surface area contributed by atoms with E-state index in [1.807, 2.05) is 0 Å². The first-order valence-corrected chi connectivity index (χ1v) is 7.29. The van der Waals surface area contributed by atoms with Crippen molar-refractivity contribution in [2.45, 2.75) is 56.7 Å². The van der Waals surface area contributed by atoms with Crippen LogP contribution in [0.2, 0.25) is 0 Å². The Hall–Kier alpha value is -0.160. The molecule has 106 valence electrons. The van der Waals surface area contributed by atoms with Crippen LogP contribution in [-0.4, -0.2) is 56.0 Å². The van der Waals surface area contributed by atoms with Gasteiger partial charge in [-0.2, -0.15) is 0 Å². The van der Waals surface area contributed by atoms with Crippen molar-refractivity contribution in [2.24, 2.45) is 5.73 Å². The molecule has 2 aliphatic rings. The summed E-state index contributed by atoms with van der Waals surface area (Å²) in [5.74, 6) is 0. The third-order valence-electron chi connectivity index (χ3n) is 4.43. The van der Waals surface area contributed by atoms with Crippen LogP contribution < -0.4 is 5.73 Å². The molecule has 0 radical (unpaired) electrons. The molecule has 0 aromatic carbocycles. The largest absolute Gasteiger partial charge is 0.381 e. The maximum atomic E-state index is 6.08. The maximum absolute atomic E-state index is 6.08. The van der Waals surface area contributed by atoms with Crippen molar-refractivity contribution >= 4 is 0 Å². The van der Waals surface area contributed by atoms with E-state index in [-0.39, 0.29) is 5.60 Å². The van der Waals surface area contributed by atoms with E-state index in [0.717, 1.165) is 58.5 Å². The summed E-state index contributed by atoms with van der Waals surface area (Å²) in [4.78, 5) is 2.48. The Morgan fingerprint density at radius 3 is 2.72 bits per heavy atom. The number of ether oxygens (including phenoxy) is 2. The van der Waals surface area contributed by atoms with Crippen molar-refractivity contribution in [3.63, 3.8) is 0 Å². The standard InChI is InChI=1S/C14H28N2O2/c1-12(15)3-7-16(2)13-4-8-18-14(11-13)5-9-17-10-6-14/h12-13H,3-11,15H2,1-2H3. The van der Waals surface area contributed by atoms with Gasteiger partial charge >= 0.3 is 0 Å². The summed E-state index contributed by atoms with van der Waals surface area (Å²) in [6, 6.07) is 0.944. The van der Waals surface area contributed by atoms with E-state index in [1.165, 1.54) is 0 Å². The zero-order valence-electron chi connectivity index (χ0n) is 11.9. The van der Waals surface area contributed by atoms with Gasteiger partial charge in [0.15, 0.2) is 0 Å². The van der Waals surface area contributed by atoms with E-state index in [4.69, 9.17) is 15.2 Å². The molecule has 4 heteroatoms. The molecule has 0 saturated carbocycles. The summed E-state index contributed by atoms with van der Waals surface area (Å²) in [5.41, 5.74) is 5.94. The number of nitrogens with zero attached hydrogens (tertiary/aromatic N) is 1. The molecule has 2 atom stereocenters. The molecule has 1 spiro atoms. The van der Waals surface area contributed by atoms with Gasteiger partial charge in [-0.3, -0.25) is 0 Å². The quantitative estimate of drug-likeness (QED) is 0.825. The third kappa shape index (κ3) is 3.67. The molecule has 0 aromatic heterocycles. The molecule has 2 rings (SSSR count). The fraction of sp³-hybridized carbons (Fsp3) is 1.00. The van der Waals surface area contributed by atoms with Crippen LogP contribution in [0.3, 0.4) is 0 Å². The van der Waals surface area contributed by atoms with Crippen LogP contribution in [0.15, 0.2) is 0 Å². The van der Waals surface area contributed by atoms with Crippen molar-refractivity contribution in [2.75, 3.05) is 33.4 Å². The number of rotatable bonds is 4. The maximum Gasteiger partial charge on any atom is 0.0741 e. The fourth-order valence-electron chi connectivity index (χ4n) is 3.06. The minimum absolute atomic E-state index is 0.101. The highest BCUT2D eigenvalue weighted by Crippen LogP contribution is 2.35. The van der Waals surface area contributed by atoms with E-state index >= 15 is 0 Å². The van der Waals surface area contributed by atoms with Crippen LogP contribution in [0, 0.1) is 0 Å². The fourth-order valence-corrected chi connectivity index (χ4v) is 3.06. The van der Waals surface area contributed by atoms with Gasteiger partial charge in [0.2, 0.25) is 0 Å². The first-order valence-electron chi connectivity index (χ1n) is 7.29. The van der Waals surface area contributed by atoms with E-state index in [1.54, 1.807) is 0 Å². The Morgan fingerprint density at radius 2 is 2.06 bits per heavy atom. The van der Waals surface area contributed by atoms with E-state index < -0.39 is 0 Å². The Labute approximate surface area is 111 Å². The van der Waals surface area contributed by atoms with Crippen LogP contribution in [0.25, 0.3) is 0 Å². The van der Waals surface area contributed by atoms with Gasteiger partial charge in [-0.05, 0) is 52.6 Å². The minimum atomic E-state index is 0.101. The predicted octanol–water partition coefficient (Wildman–Crippen LogP) is 1.38. The molecule has 2 aliphatic heterocycles. The molecule has 0 aromatic rings. The first-order chi connectivity index (χ1) is 8.61. The number of nitrogens with two attached hydrogens (primary N) is 1. The summed E-state index contributed by atoms with van der Waals surface area (Å²) < 4.78 is 11.5. The first kappa shape index (κ1) is 14.3. The zero-order valence-corrected chi connectivity index (χ0v) is 11.9. The van der Waals surface area contributed by atoms with Gasteiger partial charge in [0.25, 0.3) is 0 Å². The summed E-state index contributed by atoms with van der Waals surface area (Å²) in [7, 11) is 2.23. The molecule has 0 amide bonds. The van der Waals surface area contributed by atoms with Gasteiger partial charge in [-0.25, -0.2) is 0 Å². The Kier molecular flexibility index (Phi) is 5.01. The van der Waals surface area contributed by atoms with Crippen molar-refractivity contribution in [1.82, 2.24) is 4.90 Å². The van der Waals surface area contributed by atoms with Gasteiger partial charge in [-0.1, -0.05) is 0 Å². The van der Waals surface area contributed by atoms with Crippen molar-refractivity contribution in [3.05, 3.63) is 0 Å². The van der Waals surface area contributed by atoms with Crippen LogP contribution >= 0.6 is 0 Å². The lowest BCUT2D eigenvalue weighted by Gasteiger charge is -2.45. The number of hydrogen-bond acceptors (Lipinski definition) is 4. The van der Waals surface area contributed by atoms with Crippen molar-refractivity contribution in [1.29, 1.82) is 0 Å². The Balaban J connectivity index is 1.85. The summed E-state index contributed by atoms with van der Waals surface area (Å²) in [5, 5.41) is 0. The van der Waals surface area contributed by atoms with Crippen LogP contribution in [0.5, 0.6) is 0 Å². The summed E-state index contributed by atoms with van der Waals surface area (Å²) >= 11 is 0. The lowest BCUT2D eigenvalue weighted by Crippen LogP contribution is -2.50. The third-order valence-corrected chi connectivity index (χ3v) is 4.43. The smallest absolute Gasteiger partial charge is 0.0741 e. The molecule has 2 N–H and O–H groups in total. The monoisotopic (exact) mass is 256 g/mol. The lowest BCUT2D eigenvalue weighted by molar-refractivity contribution is -0.149. The molecular formula is C14H28N2O2. The second-order valence-electron chi connectivity index (χ2n) is 6.04. The second kappa shape index (κ2) is 6.33. The van der Waals surface area contributed by atoms with Gasteiger partial charge in [-0.15, -0.1) is 0 Å². The average Bonchev–Trinajstić information content (AvgIpc) is 2.37. The highest BCUT2D eigenvalue weighted by molar-refractivity contribution is 4.92. The molecule has 2 heterocycles. The van der Waals surface area contributed by atoms with Gasteiger partial charge in [0.1, 0.15) is 0 Å². The van der Waals surface area contributed by atoms with Crippen LogP contribution in [-0.2, 0) is 9.47 Å². The van der Waals surface area contributed by atoms with Crippen LogP contribution in [0.1, 0.15) is 39.0 Å². The molecule has 2 saturated heterocycles. The van der Waals surface area contributed by atoms with E-state index in [2.05, 4.69) is 18.9 Å². The highest BCUT2D eigenvalue weighted by Gasteiger charge is 2.39.